The van der Waals surface area contributed by atoms with E-state index in [1.807, 2.05) is 13.0 Å². The summed E-state index contributed by atoms with van der Waals surface area (Å²) in [6.45, 7) is 1.65. The molecule has 0 aromatic carbocycles. The minimum absolute atomic E-state index is 0.170. The third kappa shape index (κ3) is 3.44. The third-order valence-electron chi connectivity index (χ3n) is 2.35. The summed E-state index contributed by atoms with van der Waals surface area (Å²) >= 11 is 1.43. The summed E-state index contributed by atoms with van der Waals surface area (Å²) in [7, 11) is 0. The number of halogens is 3. The van der Waals surface area contributed by atoms with Crippen molar-refractivity contribution in [3.63, 3.8) is 0 Å². The van der Waals surface area contributed by atoms with Gasteiger partial charge in [0.25, 0.3) is 0 Å². The summed E-state index contributed by atoms with van der Waals surface area (Å²) in [5, 5.41) is 3.37. The Morgan fingerprint density at radius 2 is 2.11 bits per heavy atom. The largest absolute Gasteiger partial charge is 0.390 e. The molecule has 0 aliphatic heterocycles. The van der Waals surface area contributed by atoms with Crippen LogP contribution < -0.4 is 16.6 Å². The van der Waals surface area contributed by atoms with Crippen molar-refractivity contribution in [1.29, 1.82) is 0 Å². The van der Waals surface area contributed by atoms with Crippen LogP contribution in [-0.2, 0) is 0 Å². The number of fused-ring (bicyclic) bond motifs is 1. The van der Waals surface area contributed by atoms with E-state index in [1.54, 1.807) is 0 Å². The van der Waals surface area contributed by atoms with E-state index < -0.39 is 12.6 Å². The van der Waals surface area contributed by atoms with Crippen molar-refractivity contribution in [3.05, 3.63) is 10.9 Å². The number of nitrogens with zero attached hydrogens (tertiary/aromatic N) is 2. The average molecular weight is 291 g/mol. The van der Waals surface area contributed by atoms with Gasteiger partial charge in [0.2, 0.25) is 5.95 Å². The molecule has 4 N–H and O–H groups in total. The zero-order chi connectivity index (χ0) is 14.0. The van der Waals surface area contributed by atoms with Crippen LogP contribution in [0.25, 0.3) is 10.2 Å². The van der Waals surface area contributed by atoms with Crippen molar-refractivity contribution >= 4 is 33.3 Å². The molecule has 0 atom stereocenters. The Morgan fingerprint density at radius 1 is 1.37 bits per heavy atom. The number of aryl methyl sites for hydroxylation is 1. The van der Waals surface area contributed by atoms with E-state index in [1.165, 1.54) is 11.3 Å². The van der Waals surface area contributed by atoms with Gasteiger partial charge in [-0.05, 0) is 13.0 Å². The Hall–Kier alpha value is -1.61. The molecule has 2 aromatic heterocycles. The molecule has 0 spiro atoms. The zero-order valence-electron chi connectivity index (χ0n) is 10.0. The van der Waals surface area contributed by atoms with Gasteiger partial charge in [0.1, 0.15) is 10.6 Å². The molecular weight excluding hydrogens is 279 g/mol. The quantitative estimate of drug-likeness (QED) is 0.596. The van der Waals surface area contributed by atoms with E-state index in [9.17, 15) is 13.2 Å². The molecule has 104 valence electrons. The molecule has 0 unspecified atom stereocenters. The van der Waals surface area contributed by atoms with Crippen LogP contribution in [0.2, 0.25) is 0 Å². The van der Waals surface area contributed by atoms with Crippen molar-refractivity contribution in [3.8, 4) is 0 Å². The maximum atomic E-state index is 12.1. The van der Waals surface area contributed by atoms with Gasteiger partial charge >= 0.3 is 6.18 Å². The summed E-state index contributed by atoms with van der Waals surface area (Å²) in [5.41, 5.74) is 2.30. The van der Waals surface area contributed by atoms with Crippen LogP contribution in [0.5, 0.6) is 0 Å². The van der Waals surface area contributed by atoms with E-state index in [-0.39, 0.29) is 12.5 Å². The predicted octanol–water partition coefficient (Wildman–Crippen LogP) is 2.65. The van der Waals surface area contributed by atoms with E-state index in [2.05, 4.69) is 20.7 Å². The molecule has 2 rings (SSSR count). The molecule has 0 aliphatic rings. The van der Waals surface area contributed by atoms with Crippen LogP contribution >= 0.6 is 11.3 Å². The van der Waals surface area contributed by atoms with Gasteiger partial charge in [0.15, 0.2) is 0 Å². The molecule has 0 fully saturated rings. The molecule has 0 radical (unpaired) electrons. The molecule has 0 saturated carbocycles. The van der Waals surface area contributed by atoms with Crippen molar-refractivity contribution in [2.24, 2.45) is 5.84 Å². The topological polar surface area (TPSA) is 75.9 Å². The molecule has 2 aromatic rings. The van der Waals surface area contributed by atoms with Gasteiger partial charge in [-0.3, -0.25) is 5.43 Å². The highest BCUT2D eigenvalue weighted by atomic mass is 32.1. The standard InChI is InChI=1S/C10H12F3N5S/c1-5-4-6-7(15-3-2-10(11,12)13)16-9(18-14)17-8(6)19-5/h4H,2-3,14H2,1H3,(H2,15,16,17,18). The van der Waals surface area contributed by atoms with Gasteiger partial charge < -0.3 is 5.32 Å². The minimum Gasteiger partial charge on any atom is -0.369 e. The van der Waals surface area contributed by atoms with Gasteiger partial charge in [-0.2, -0.15) is 18.2 Å². The lowest BCUT2D eigenvalue weighted by molar-refractivity contribution is -0.131. The number of anilines is 2. The molecular formula is C10H12F3N5S. The Balaban J connectivity index is 2.25. The average Bonchev–Trinajstić information content (AvgIpc) is 2.67. The summed E-state index contributed by atoms with van der Waals surface area (Å²) in [4.78, 5) is 9.85. The highest BCUT2D eigenvalue weighted by Gasteiger charge is 2.26. The van der Waals surface area contributed by atoms with Crippen LogP contribution in [0, 0.1) is 6.92 Å². The number of hydrogen-bond acceptors (Lipinski definition) is 6. The van der Waals surface area contributed by atoms with Crippen LogP contribution in [-0.4, -0.2) is 22.7 Å². The highest BCUT2D eigenvalue weighted by molar-refractivity contribution is 7.18. The van der Waals surface area contributed by atoms with Crippen LogP contribution in [0.15, 0.2) is 6.07 Å². The molecule has 0 bridgehead atoms. The minimum atomic E-state index is -4.20. The second-order valence-corrected chi connectivity index (χ2v) is 5.14. The molecule has 0 aliphatic carbocycles. The number of hydrazine groups is 1. The van der Waals surface area contributed by atoms with Crippen molar-refractivity contribution in [1.82, 2.24) is 9.97 Å². The number of alkyl halides is 3. The SMILES string of the molecule is Cc1cc2c(NCCC(F)(F)F)nc(NN)nc2s1. The second kappa shape index (κ2) is 5.17. The summed E-state index contributed by atoms with van der Waals surface area (Å²) in [5.74, 6) is 5.76. The fourth-order valence-corrected chi connectivity index (χ4v) is 2.44. The number of nitrogen functional groups attached to an aromatic ring is 1. The van der Waals surface area contributed by atoms with Gasteiger partial charge in [-0.25, -0.2) is 10.8 Å². The predicted molar refractivity (Wildman–Crippen MR) is 69.1 cm³/mol. The molecule has 5 nitrogen and oxygen atoms in total. The van der Waals surface area contributed by atoms with E-state index in [0.717, 1.165) is 4.88 Å². The molecule has 0 saturated heterocycles. The lowest BCUT2D eigenvalue weighted by atomic mass is 10.3. The van der Waals surface area contributed by atoms with Crippen molar-refractivity contribution in [2.75, 3.05) is 17.3 Å². The number of nitrogens with two attached hydrogens (primary N) is 1. The van der Waals surface area contributed by atoms with Crippen LogP contribution in [0.4, 0.5) is 24.9 Å². The molecule has 19 heavy (non-hydrogen) atoms. The van der Waals surface area contributed by atoms with E-state index in [0.29, 0.717) is 16.0 Å². The Bertz CT molecular complexity index is 580. The Morgan fingerprint density at radius 3 is 2.74 bits per heavy atom. The summed E-state index contributed by atoms with van der Waals surface area (Å²) in [6.07, 6.45) is -5.12. The lowest BCUT2D eigenvalue weighted by Crippen LogP contribution is -2.16. The zero-order valence-corrected chi connectivity index (χ0v) is 10.8. The number of nitrogens with one attached hydrogen (secondary N) is 2. The van der Waals surface area contributed by atoms with Gasteiger partial charge in [0, 0.05) is 11.4 Å². The first-order valence-electron chi connectivity index (χ1n) is 5.44. The van der Waals surface area contributed by atoms with E-state index >= 15 is 0 Å². The van der Waals surface area contributed by atoms with Crippen LogP contribution in [0.3, 0.4) is 0 Å². The maximum Gasteiger partial charge on any atom is 0.390 e. The first kappa shape index (κ1) is 13.8. The third-order valence-corrected chi connectivity index (χ3v) is 3.29. The Labute approximate surface area is 111 Å². The van der Waals surface area contributed by atoms with Crippen LogP contribution in [0.1, 0.15) is 11.3 Å². The fourth-order valence-electron chi connectivity index (χ4n) is 1.56. The monoisotopic (exact) mass is 291 g/mol. The first-order valence-corrected chi connectivity index (χ1v) is 6.26. The highest BCUT2D eigenvalue weighted by Crippen LogP contribution is 2.29. The summed E-state index contributed by atoms with van der Waals surface area (Å²) < 4.78 is 36.4. The molecule has 2 heterocycles. The number of hydrogen-bond donors (Lipinski definition) is 3. The molecule has 9 heteroatoms. The van der Waals surface area contributed by atoms with Gasteiger partial charge in [-0.15, -0.1) is 11.3 Å². The van der Waals surface area contributed by atoms with Gasteiger partial charge in [-0.1, -0.05) is 0 Å². The summed E-state index contributed by atoms with van der Waals surface area (Å²) in [6, 6.07) is 1.83. The van der Waals surface area contributed by atoms with Crippen molar-refractivity contribution in [2.45, 2.75) is 19.5 Å². The van der Waals surface area contributed by atoms with Crippen molar-refractivity contribution < 1.29 is 13.2 Å². The fraction of sp³-hybridized carbons (Fsp3) is 0.400. The first-order chi connectivity index (χ1) is 8.89. The molecule has 0 amide bonds. The number of rotatable bonds is 4. The second-order valence-electron chi connectivity index (χ2n) is 3.91. The Kier molecular flexibility index (Phi) is 3.76. The normalized spacial score (nSPS) is 11.8. The lowest BCUT2D eigenvalue weighted by Gasteiger charge is -2.10. The maximum absolute atomic E-state index is 12.1. The smallest absolute Gasteiger partial charge is 0.369 e. The number of aromatic nitrogens is 2. The van der Waals surface area contributed by atoms with Gasteiger partial charge in [0.05, 0.1) is 11.8 Å². The number of thiophene rings is 1. The van der Waals surface area contributed by atoms with E-state index in [4.69, 9.17) is 5.84 Å².